The molecule has 0 unspecified atom stereocenters. The topological polar surface area (TPSA) is 106 Å². The predicted molar refractivity (Wildman–Crippen MR) is 138 cm³/mol. The summed E-state index contributed by atoms with van der Waals surface area (Å²) in [4.78, 5) is 30.4. The highest BCUT2D eigenvalue weighted by Gasteiger charge is 2.36. The molecule has 1 saturated carbocycles. The van der Waals surface area contributed by atoms with E-state index in [2.05, 4.69) is 20.7 Å². The van der Waals surface area contributed by atoms with Gasteiger partial charge in [-0.05, 0) is 48.7 Å². The van der Waals surface area contributed by atoms with Gasteiger partial charge < -0.3 is 9.73 Å². The Balaban J connectivity index is 1.48. The molecule has 1 aliphatic carbocycles. The van der Waals surface area contributed by atoms with Gasteiger partial charge in [0.1, 0.15) is 12.3 Å². The van der Waals surface area contributed by atoms with Crippen molar-refractivity contribution in [2.75, 3.05) is 4.90 Å². The molecule has 2 amide bonds. The highest BCUT2D eigenvalue weighted by molar-refractivity contribution is 6.01. The molecule has 2 heterocycles. The Labute approximate surface area is 215 Å². The smallest absolute Gasteiger partial charge is 0.251 e. The lowest BCUT2D eigenvalue weighted by Gasteiger charge is -2.32. The maximum absolute atomic E-state index is 13.9. The van der Waals surface area contributed by atoms with Crippen LogP contribution in [0.1, 0.15) is 49.5 Å². The standard InChI is InChI=1S/C28H30N6O3/c1-20-11-8-9-16-23(20)34(25(35)19-33-31-27(30-32-33)21-12-4-2-5-13-21)26(24-17-10-18-37-24)28(36)29-22-14-6-3-7-15-22/h2,4-5,8-13,16-18,22,26H,3,6-7,14-15,19H2,1H3,(H,29,36)/t26-/m0/s1. The van der Waals surface area contributed by atoms with Gasteiger partial charge in [0.15, 0.2) is 6.04 Å². The van der Waals surface area contributed by atoms with Gasteiger partial charge >= 0.3 is 0 Å². The third-order valence-electron chi connectivity index (χ3n) is 6.68. The van der Waals surface area contributed by atoms with E-state index in [0.29, 0.717) is 17.3 Å². The molecule has 0 spiro atoms. The molecule has 0 radical (unpaired) electrons. The summed E-state index contributed by atoms with van der Waals surface area (Å²) in [5.41, 5.74) is 2.28. The predicted octanol–water partition coefficient (Wildman–Crippen LogP) is 4.46. The number of tetrazole rings is 1. The van der Waals surface area contributed by atoms with Crippen molar-refractivity contribution < 1.29 is 14.0 Å². The minimum Gasteiger partial charge on any atom is -0.467 e. The lowest BCUT2D eigenvalue weighted by molar-refractivity contribution is -0.128. The molecular formula is C28H30N6O3. The molecule has 4 aromatic rings. The summed E-state index contributed by atoms with van der Waals surface area (Å²) in [6.07, 6.45) is 6.72. The molecule has 0 bridgehead atoms. The number of nitrogens with one attached hydrogen (secondary N) is 1. The Bertz CT molecular complexity index is 1330. The molecule has 1 N–H and O–H groups in total. The van der Waals surface area contributed by atoms with Crippen molar-refractivity contribution in [3.63, 3.8) is 0 Å². The van der Waals surface area contributed by atoms with Gasteiger partial charge in [0.25, 0.3) is 11.8 Å². The van der Waals surface area contributed by atoms with E-state index in [1.165, 1.54) is 22.4 Å². The van der Waals surface area contributed by atoms with Crippen LogP contribution >= 0.6 is 0 Å². The second kappa shape index (κ2) is 11.2. The summed E-state index contributed by atoms with van der Waals surface area (Å²) in [5, 5.41) is 15.8. The second-order valence-corrected chi connectivity index (χ2v) is 9.32. The van der Waals surface area contributed by atoms with E-state index in [1.807, 2.05) is 61.5 Å². The number of hydrogen-bond donors (Lipinski definition) is 1. The fourth-order valence-electron chi connectivity index (χ4n) is 4.81. The largest absolute Gasteiger partial charge is 0.467 e. The van der Waals surface area contributed by atoms with Crippen LogP contribution in [0.15, 0.2) is 77.4 Å². The van der Waals surface area contributed by atoms with Gasteiger partial charge in [-0.2, -0.15) is 4.80 Å². The van der Waals surface area contributed by atoms with Crippen LogP contribution in [0.3, 0.4) is 0 Å². The Hall–Kier alpha value is -4.27. The van der Waals surface area contributed by atoms with Crippen LogP contribution < -0.4 is 10.2 Å². The van der Waals surface area contributed by atoms with Gasteiger partial charge in [-0.15, -0.1) is 10.2 Å². The Morgan fingerprint density at radius 3 is 2.51 bits per heavy atom. The van der Waals surface area contributed by atoms with Crippen LogP contribution in [0.25, 0.3) is 11.4 Å². The van der Waals surface area contributed by atoms with Gasteiger partial charge in [-0.1, -0.05) is 67.8 Å². The van der Waals surface area contributed by atoms with Crippen molar-refractivity contribution in [1.29, 1.82) is 0 Å². The molecule has 2 aromatic carbocycles. The van der Waals surface area contributed by atoms with Crippen LogP contribution in [0.5, 0.6) is 0 Å². The molecular weight excluding hydrogens is 468 g/mol. The molecule has 9 nitrogen and oxygen atoms in total. The molecule has 0 saturated heterocycles. The zero-order chi connectivity index (χ0) is 25.6. The monoisotopic (exact) mass is 498 g/mol. The Morgan fingerprint density at radius 2 is 1.78 bits per heavy atom. The molecule has 37 heavy (non-hydrogen) atoms. The number of carbonyl (C=O) groups is 2. The summed E-state index contributed by atoms with van der Waals surface area (Å²) in [5.74, 6) is 0.191. The Morgan fingerprint density at radius 1 is 1.03 bits per heavy atom. The fraction of sp³-hybridized carbons (Fsp3) is 0.321. The number of anilines is 1. The number of nitrogens with zero attached hydrogens (tertiary/aromatic N) is 5. The number of para-hydroxylation sites is 1. The fourth-order valence-corrected chi connectivity index (χ4v) is 4.81. The van der Waals surface area contributed by atoms with Crippen molar-refractivity contribution in [3.8, 4) is 11.4 Å². The first-order valence-electron chi connectivity index (χ1n) is 12.6. The normalized spacial score (nSPS) is 14.7. The number of hydrogen-bond acceptors (Lipinski definition) is 6. The van der Waals surface area contributed by atoms with Crippen molar-refractivity contribution >= 4 is 17.5 Å². The lowest BCUT2D eigenvalue weighted by Crippen LogP contribution is -2.48. The van der Waals surface area contributed by atoms with E-state index in [9.17, 15) is 9.59 Å². The van der Waals surface area contributed by atoms with Gasteiger partial charge in [0.2, 0.25) is 5.82 Å². The van der Waals surface area contributed by atoms with Gasteiger partial charge in [-0.3, -0.25) is 14.5 Å². The first-order chi connectivity index (χ1) is 18.1. The van der Waals surface area contributed by atoms with E-state index in [4.69, 9.17) is 4.42 Å². The van der Waals surface area contributed by atoms with Crippen LogP contribution in [-0.2, 0) is 16.1 Å². The van der Waals surface area contributed by atoms with E-state index < -0.39 is 6.04 Å². The zero-order valence-corrected chi connectivity index (χ0v) is 20.8. The van der Waals surface area contributed by atoms with Crippen LogP contribution in [0, 0.1) is 6.92 Å². The number of aromatic nitrogens is 4. The first kappa shape index (κ1) is 24.4. The second-order valence-electron chi connectivity index (χ2n) is 9.32. The minimum absolute atomic E-state index is 0.0814. The summed E-state index contributed by atoms with van der Waals surface area (Å²) < 4.78 is 5.71. The quantitative estimate of drug-likeness (QED) is 0.384. The van der Waals surface area contributed by atoms with Gasteiger partial charge in [0, 0.05) is 17.3 Å². The summed E-state index contributed by atoms with van der Waals surface area (Å²) in [6.45, 7) is 1.72. The average molecular weight is 499 g/mol. The minimum atomic E-state index is -0.984. The molecule has 0 aliphatic heterocycles. The van der Waals surface area contributed by atoms with Gasteiger partial charge in [0.05, 0.1) is 6.26 Å². The number of benzene rings is 2. The third-order valence-corrected chi connectivity index (χ3v) is 6.68. The number of carbonyl (C=O) groups excluding carboxylic acids is 2. The number of aryl methyl sites for hydroxylation is 1. The maximum atomic E-state index is 13.9. The lowest BCUT2D eigenvalue weighted by atomic mass is 9.95. The van der Waals surface area contributed by atoms with Crippen molar-refractivity contribution in [2.24, 2.45) is 0 Å². The maximum Gasteiger partial charge on any atom is 0.251 e. The molecule has 190 valence electrons. The van der Waals surface area contributed by atoms with Gasteiger partial charge in [-0.25, -0.2) is 0 Å². The van der Waals surface area contributed by atoms with Crippen molar-refractivity contribution in [3.05, 3.63) is 84.3 Å². The molecule has 1 aliphatic rings. The zero-order valence-electron chi connectivity index (χ0n) is 20.8. The molecule has 1 atom stereocenters. The highest BCUT2D eigenvalue weighted by Crippen LogP contribution is 2.32. The van der Waals surface area contributed by atoms with Crippen molar-refractivity contribution in [2.45, 2.75) is 57.7 Å². The molecule has 2 aromatic heterocycles. The summed E-state index contributed by atoms with van der Waals surface area (Å²) in [6, 6.07) is 19.5. The first-order valence-corrected chi connectivity index (χ1v) is 12.6. The SMILES string of the molecule is Cc1ccccc1N(C(=O)Cn1nnc(-c2ccccc2)n1)[C@H](C(=O)NC1CCCCC1)c1ccco1. The third kappa shape index (κ3) is 5.61. The molecule has 1 fully saturated rings. The van der Waals surface area contributed by atoms with Crippen LogP contribution in [-0.4, -0.2) is 38.1 Å². The number of furan rings is 1. The van der Waals surface area contributed by atoms with Crippen molar-refractivity contribution in [1.82, 2.24) is 25.5 Å². The van der Waals surface area contributed by atoms with E-state index >= 15 is 0 Å². The highest BCUT2D eigenvalue weighted by atomic mass is 16.3. The van der Waals surface area contributed by atoms with Crippen LogP contribution in [0.2, 0.25) is 0 Å². The number of amides is 2. The molecule has 5 rings (SSSR count). The summed E-state index contributed by atoms with van der Waals surface area (Å²) in [7, 11) is 0. The Kier molecular flexibility index (Phi) is 7.39. The molecule has 9 heteroatoms. The summed E-state index contributed by atoms with van der Waals surface area (Å²) >= 11 is 0. The van der Waals surface area contributed by atoms with E-state index in [-0.39, 0.29) is 24.4 Å². The van der Waals surface area contributed by atoms with E-state index in [0.717, 1.165) is 36.8 Å². The number of rotatable bonds is 8. The van der Waals surface area contributed by atoms with Crippen LogP contribution in [0.4, 0.5) is 5.69 Å². The van der Waals surface area contributed by atoms with E-state index in [1.54, 1.807) is 12.1 Å². The average Bonchev–Trinajstić information content (AvgIpc) is 3.61.